The number of hydrogen-bond donors (Lipinski definition) is 1. The van der Waals surface area contributed by atoms with Crippen molar-refractivity contribution >= 4 is 29.2 Å². The van der Waals surface area contributed by atoms with Gasteiger partial charge in [-0.2, -0.15) is 18.2 Å². The number of aromatic nitrogens is 2. The number of fused-ring (bicyclic) bond motifs is 1. The Balaban J connectivity index is 1.54. The molecule has 1 fully saturated rings. The van der Waals surface area contributed by atoms with E-state index in [2.05, 4.69) is 15.3 Å². The number of alkyl halides is 3. The Kier molecular flexibility index (Phi) is 5.19. The smallest absolute Gasteiger partial charge is 0.345 e. The van der Waals surface area contributed by atoms with Gasteiger partial charge in [0.05, 0.1) is 12.2 Å². The maximum absolute atomic E-state index is 13.6. The average molecular weight is 453 g/mol. The van der Waals surface area contributed by atoms with Crippen LogP contribution in [0.4, 0.5) is 41.1 Å². The molecule has 2 aliphatic rings. The molecule has 170 valence electrons. The summed E-state index contributed by atoms with van der Waals surface area (Å²) >= 11 is 0. The van der Waals surface area contributed by atoms with E-state index in [1.165, 1.54) is 16.7 Å². The number of carbonyl (C=O) groups excluding carboxylic acids is 1. The fourth-order valence-corrected chi connectivity index (χ4v) is 3.89. The van der Waals surface area contributed by atoms with Crippen molar-refractivity contribution in [3.8, 4) is 0 Å². The van der Waals surface area contributed by atoms with Crippen LogP contribution in [0.3, 0.4) is 0 Å². The van der Waals surface area contributed by atoms with Crippen molar-refractivity contribution in [2.75, 3.05) is 21.7 Å². The van der Waals surface area contributed by atoms with Gasteiger partial charge in [-0.15, -0.1) is 0 Å². The van der Waals surface area contributed by atoms with Crippen molar-refractivity contribution in [3.63, 3.8) is 0 Å². The molecule has 6 nitrogen and oxygen atoms in total. The van der Waals surface area contributed by atoms with Crippen LogP contribution in [0.25, 0.3) is 0 Å². The number of halogens is 3. The fraction of sp³-hybridized carbons (Fsp3) is 0.292. The minimum atomic E-state index is -4.41. The van der Waals surface area contributed by atoms with Gasteiger partial charge in [0.1, 0.15) is 6.54 Å². The number of aryl methyl sites for hydroxylation is 1. The van der Waals surface area contributed by atoms with Crippen LogP contribution in [0.2, 0.25) is 0 Å². The zero-order valence-electron chi connectivity index (χ0n) is 17.9. The molecule has 0 bridgehead atoms. The maximum Gasteiger partial charge on any atom is 0.405 e. The van der Waals surface area contributed by atoms with Crippen LogP contribution in [-0.2, 0) is 6.54 Å². The Hall–Kier alpha value is -3.62. The lowest BCUT2D eigenvalue weighted by Crippen LogP contribution is -2.45. The lowest BCUT2D eigenvalue weighted by molar-refractivity contribution is -0.115. The molecule has 2 amide bonds. The van der Waals surface area contributed by atoms with Crippen LogP contribution < -0.4 is 15.1 Å². The lowest BCUT2D eigenvalue weighted by atomic mass is 10.1. The SMILES string of the molecule is Cc1ccc(N2Cc3cnc(NCC(F)(F)F)nc3N(c3ccc(C4CC4)cc3)C2=O)cc1. The van der Waals surface area contributed by atoms with E-state index in [1.807, 2.05) is 55.5 Å². The summed E-state index contributed by atoms with van der Waals surface area (Å²) in [6.45, 7) is 0.924. The summed E-state index contributed by atoms with van der Waals surface area (Å²) in [5.74, 6) is 0.664. The third kappa shape index (κ3) is 4.48. The number of anilines is 4. The van der Waals surface area contributed by atoms with E-state index < -0.39 is 12.7 Å². The van der Waals surface area contributed by atoms with E-state index in [-0.39, 0.29) is 24.3 Å². The second-order valence-corrected chi connectivity index (χ2v) is 8.42. The zero-order valence-corrected chi connectivity index (χ0v) is 17.9. The van der Waals surface area contributed by atoms with Crippen LogP contribution >= 0.6 is 0 Å². The number of benzene rings is 2. The number of nitrogens with one attached hydrogen (secondary N) is 1. The molecule has 5 rings (SSSR count). The van der Waals surface area contributed by atoms with Gasteiger partial charge < -0.3 is 5.32 Å². The average Bonchev–Trinajstić information content (AvgIpc) is 3.63. The molecule has 1 aromatic heterocycles. The largest absolute Gasteiger partial charge is 0.405 e. The molecular weight excluding hydrogens is 431 g/mol. The first-order chi connectivity index (χ1) is 15.8. The van der Waals surface area contributed by atoms with Crippen molar-refractivity contribution < 1.29 is 18.0 Å². The standard InChI is InChI=1S/C24H22F3N5O/c1-15-2-8-19(9-3-15)31-13-18-12-28-22(29-14-24(25,26)27)30-21(18)32(23(31)33)20-10-6-17(7-11-20)16-4-5-16/h2-3,6-12,16H,4-5,13-14H2,1H3,(H,28,29,30). The van der Waals surface area contributed by atoms with E-state index >= 15 is 0 Å². The van der Waals surface area contributed by atoms with Gasteiger partial charge in [0.2, 0.25) is 5.95 Å². The Labute approximate surface area is 189 Å². The molecule has 2 heterocycles. The molecule has 1 saturated carbocycles. The van der Waals surface area contributed by atoms with Gasteiger partial charge in [-0.25, -0.2) is 14.7 Å². The molecule has 0 radical (unpaired) electrons. The van der Waals surface area contributed by atoms with Crippen molar-refractivity contribution in [2.45, 2.75) is 38.4 Å². The summed E-state index contributed by atoms with van der Waals surface area (Å²) in [6.07, 6.45) is -0.614. The van der Waals surface area contributed by atoms with Crippen molar-refractivity contribution in [1.82, 2.24) is 9.97 Å². The van der Waals surface area contributed by atoms with Crippen molar-refractivity contribution in [3.05, 3.63) is 71.4 Å². The Morgan fingerprint density at radius 2 is 1.70 bits per heavy atom. The van der Waals surface area contributed by atoms with Gasteiger partial charge in [0, 0.05) is 17.4 Å². The fourth-order valence-electron chi connectivity index (χ4n) is 3.89. The molecule has 0 unspecified atom stereocenters. The minimum Gasteiger partial charge on any atom is -0.345 e. The van der Waals surface area contributed by atoms with Gasteiger partial charge in [-0.1, -0.05) is 29.8 Å². The Bertz CT molecular complexity index is 1170. The Morgan fingerprint density at radius 3 is 2.33 bits per heavy atom. The third-order valence-corrected chi connectivity index (χ3v) is 5.80. The lowest BCUT2D eigenvalue weighted by Gasteiger charge is -2.36. The first kappa shape index (κ1) is 21.2. The highest BCUT2D eigenvalue weighted by Gasteiger charge is 2.35. The number of carbonyl (C=O) groups is 1. The number of hydrogen-bond acceptors (Lipinski definition) is 4. The van der Waals surface area contributed by atoms with E-state index in [4.69, 9.17) is 0 Å². The number of nitrogens with zero attached hydrogens (tertiary/aromatic N) is 4. The van der Waals surface area contributed by atoms with Crippen LogP contribution in [-0.4, -0.2) is 28.7 Å². The number of amides is 2. The normalized spacial score (nSPS) is 16.1. The Morgan fingerprint density at radius 1 is 1.03 bits per heavy atom. The molecule has 1 aliphatic heterocycles. The monoisotopic (exact) mass is 453 g/mol. The van der Waals surface area contributed by atoms with Gasteiger partial charge in [-0.3, -0.25) is 4.90 Å². The molecule has 1 N–H and O–H groups in total. The highest BCUT2D eigenvalue weighted by atomic mass is 19.4. The van der Waals surface area contributed by atoms with E-state index in [0.29, 0.717) is 17.2 Å². The molecule has 9 heteroatoms. The highest BCUT2D eigenvalue weighted by Crippen LogP contribution is 2.42. The predicted octanol–water partition coefficient (Wildman–Crippen LogP) is 5.91. The van der Waals surface area contributed by atoms with E-state index in [0.717, 1.165) is 24.1 Å². The second-order valence-electron chi connectivity index (χ2n) is 8.42. The molecule has 0 spiro atoms. The molecule has 1 aliphatic carbocycles. The van der Waals surface area contributed by atoms with E-state index in [9.17, 15) is 18.0 Å². The quantitative estimate of drug-likeness (QED) is 0.521. The first-order valence-electron chi connectivity index (χ1n) is 10.7. The predicted molar refractivity (Wildman–Crippen MR) is 120 cm³/mol. The van der Waals surface area contributed by atoms with E-state index in [1.54, 1.807) is 4.90 Å². The molecule has 3 aromatic rings. The van der Waals surface area contributed by atoms with Gasteiger partial charge in [0.25, 0.3) is 0 Å². The zero-order chi connectivity index (χ0) is 23.2. The summed E-state index contributed by atoms with van der Waals surface area (Å²) in [6, 6.07) is 15.0. The summed E-state index contributed by atoms with van der Waals surface area (Å²) in [7, 11) is 0. The number of urea groups is 1. The molecule has 33 heavy (non-hydrogen) atoms. The molecular formula is C24H22F3N5O. The van der Waals surface area contributed by atoms with Gasteiger partial charge >= 0.3 is 12.2 Å². The maximum atomic E-state index is 13.6. The van der Waals surface area contributed by atoms with Crippen LogP contribution in [0.15, 0.2) is 54.7 Å². The number of rotatable bonds is 5. The topological polar surface area (TPSA) is 61.4 Å². The molecule has 2 aromatic carbocycles. The van der Waals surface area contributed by atoms with Crippen LogP contribution in [0.1, 0.15) is 35.4 Å². The second kappa shape index (κ2) is 8.06. The minimum absolute atomic E-state index is 0.178. The van der Waals surface area contributed by atoms with Crippen LogP contribution in [0, 0.1) is 6.92 Å². The van der Waals surface area contributed by atoms with Gasteiger partial charge in [0.15, 0.2) is 5.82 Å². The third-order valence-electron chi connectivity index (χ3n) is 5.80. The van der Waals surface area contributed by atoms with Gasteiger partial charge in [-0.05, 0) is 55.5 Å². The molecule has 0 atom stereocenters. The summed E-state index contributed by atoms with van der Waals surface area (Å²) in [5.41, 5.74) is 4.24. The highest BCUT2D eigenvalue weighted by molar-refractivity contribution is 6.10. The molecule has 0 saturated heterocycles. The first-order valence-corrected chi connectivity index (χ1v) is 10.7. The van der Waals surface area contributed by atoms with Crippen molar-refractivity contribution in [2.24, 2.45) is 0 Å². The summed E-state index contributed by atoms with van der Waals surface area (Å²) < 4.78 is 38.0. The van der Waals surface area contributed by atoms with Crippen molar-refractivity contribution in [1.29, 1.82) is 0 Å². The summed E-state index contributed by atoms with van der Waals surface area (Å²) in [4.78, 5) is 25.0. The summed E-state index contributed by atoms with van der Waals surface area (Å²) in [5, 5.41) is 2.20. The van der Waals surface area contributed by atoms with Crippen LogP contribution in [0.5, 0.6) is 0 Å².